The minimum absolute atomic E-state index is 0.0678. The quantitative estimate of drug-likeness (QED) is 0.860. The number of amides is 1. The molecule has 2 saturated heterocycles. The second kappa shape index (κ2) is 5.90. The van der Waals surface area contributed by atoms with Gasteiger partial charge in [-0.3, -0.25) is 9.59 Å². The summed E-state index contributed by atoms with van der Waals surface area (Å²) < 4.78 is 38.8. The highest BCUT2D eigenvalue weighted by Crippen LogP contribution is 2.52. The van der Waals surface area contributed by atoms with E-state index in [0.717, 1.165) is 18.2 Å². The van der Waals surface area contributed by atoms with Gasteiger partial charge in [0.05, 0.1) is 21.6 Å². The van der Waals surface area contributed by atoms with Crippen LogP contribution < -0.4 is 0 Å². The number of aliphatic carboxylic acids is 1. The van der Waals surface area contributed by atoms with Crippen molar-refractivity contribution in [3.8, 4) is 0 Å². The Morgan fingerprint density at radius 1 is 1.36 bits per heavy atom. The highest BCUT2D eigenvalue weighted by atomic mass is 35.5. The lowest BCUT2D eigenvalue weighted by atomic mass is 9.72. The maximum Gasteiger partial charge on any atom is 0.416 e. The van der Waals surface area contributed by atoms with Crippen LogP contribution in [0.25, 0.3) is 0 Å². The number of benzene rings is 1. The molecule has 4 nitrogen and oxygen atoms in total. The Labute approximate surface area is 147 Å². The first kappa shape index (κ1) is 18.0. The number of hydrogen-bond donors (Lipinski definition) is 1. The molecule has 0 spiro atoms. The molecule has 3 rings (SSSR count). The van der Waals surface area contributed by atoms with Gasteiger partial charge in [0.2, 0.25) is 0 Å². The van der Waals surface area contributed by atoms with Crippen LogP contribution in [0, 0.1) is 5.41 Å². The third-order valence-corrected chi connectivity index (χ3v) is 5.89. The van der Waals surface area contributed by atoms with Gasteiger partial charge in [-0.25, -0.2) is 0 Å². The SMILES string of the molecule is CC[C@@]1(C(=O)O)C[C@@H]2CC[C@H]1N2C(=O)c1cc(C(F)(F)F)ccc1Cl. The fraction of sp³-hybridized carbons (Fsp3) is 0.529. The molecule has 8 heteroatoms. The molecule has 0 radical (unpaired) electrons. The van der Waals surface area contributed by atoms with Crippen LogP contribution >= 0.6 is 11.6 Å². The summed E-state index contributed by atoms with van der Waals surface area (Å²) in [7, 11) is 0. The number of halogens is 4. The number of carbonyl (C=O) groups is 2. The second-order valence-corrected chi connectivity index (χ2v) is 7.08. The van der Waals surface area contributed by atoms with Crippen molar-refractivity contribution in [3.05, 3.63) is 34.3 Å². The predicted octanol–water partition coefficient (Wildman–Crippen LogP) is 4.22. The first-order chi connectivity index (χ1) is 11.6. The van der Waals surface area contributed by atoms with Crippen molar-refractivity contribution in [2.75, 3.05) is 0 Å². The van der Waals surface area contributed by atoms with E-state index in [4.69, 9.17) is 11.6 Å². The number of alkyl halides is 3. The Morgan fingerprint density at radius 3 is 2.56 bits per heavy atom. The van der Waals surface area contributed by atoms with Crippen LogP contribution in [0.3, 0.4) is 0 Å². The lowest BCUT2D eigenvalue weighted by Crippen LogP contribution is -2.44. The van der Waals surface area contributed by atoms with Gasteiger partial charge in [-0.05, 0) is 43.9 Å². The monoisotopic (exact) mass is 375 g/mol. The molecule has 2 aliphatic heterocycles. The van der Waals surface area contributed by atoms with Gasteiger partial charge in [-0.15, -0.1) is 0 Å². The number of carboxylic acids is 1. The van der Waals surface area contributed by atoms with E-state index >= 15 is 0 Å². The molecule has 1 aromatic rings. The predicted molar refractivity (Wildman–Crippen MR) is 84.4 cm³/mol. The van der Waals surface area contributed by atoms with E-state index in [1.165, 1.54) is 4.90 Å². The Balaban J connectivity index is 1.99. The Morgan fingerprint density at radius 2 is 2.04 bits per heavy atom. The maximum atomic E-state index is 12.9. The van der Waals surface area contributed by atoms with Gasteiger partial charge in [-0.2, -0.15) is 13.2 Å². The van der Waals surface area contributed by atoms with Crippen LogP contribution in [-0.4, -0.2) is 34.0 Å². The zero-order valence-corrected chi connectivity index (χ0v) is 14.2. The van der Waals surface area contributed by atoms with Crippen molar-refractivity contribution in [2.24, 2.45) is 5.41 Å². The molecule has 2 aliphatic rings. The summed E-state index contributed by atoms with van der Waals surface area (Å²) in [5.41, 5.74) is -2.22. The summed E-state index contributed by atoms with van der Waals surface area (Å²) >= 11 is 5.97. The summed E-state index contributed by atoms with van der Waals surface area (Å²) in [6.07, 6.45) is -2.71. The van der Waals surface area contributed by atoms with Crippen molar-refractivity contribution in [3.63, 3.8) is 0 Å². The summed E-state index contributed by atoms with van der Waals surface area (Å²) in [4.78, 5) is 26.1. The van der Waals surface area contributed by atoms with Gasteiger partial charge in [0.15, 0.2) is 0 Å². The fourth-order valence-corrected chi connectivity index (χ4v) is 4.45. The molecule has 0 saturated carbocycles. The minimum Gasteiger partial charge on any atom is -0.481 e. The van der Waals surface area contributed by atoms with Gasteiger partial charge in [-0.1, -0.05) is 18.5 Å². The second-order valence-electron chi connectivity index (χ2n) is 6.67. The number of carbonyl (C=O) groups excluding carboxylic acids is 1. The summed E-state index contributed by atoms with van der Waals surface area (Å²) in [6.45, 7) is 1.76. The van der Waals surface area contributed by atoms with Crippen LogP contribution in [0.5, 0.6) is 0 Å². The third kappa shape index (κ3) is 2.69. The maximum absolute atomic E-state index is 12.9. The first-order valence-corrected chi connectivity index (χ1v) is 8.42. The molecule has 0 aliphatic carbocycles. The highest BCUT2D eigenvalue weighted by Gasteiger charge is 2.60. The first-order valence-electron chi connectivity index (χ1n) is 8.04. The van der Waals surface area contributed by atoms with Crippen molar-refractivity contribution in [1.29, 1.82) is 0 Å². The fourth-order valence-electron chi connectivity index (χ4n) is 4.26. The lowest BCUT2D eigenvalue weighted by Gasteiger charge is -2.32. The van der Waals surface area contributed by atoms with Crippen LogP contribution in [-0.2, 0) is 11.0 Å². The minimum atomic E-state index is -4.59. The van der Waals surface area contributed by atoms with E-state index in [9.17, 15) is 27.9 Å². The molecular formula is C17H17ClF3NO3. The van der Waals surface area contributed by atoms with E-state index in [2.05, 4.69) is 0 Å². The van der Waals surface area contributed by atoms with Gasteiger partial charge in [0.25, 0.3) is 5.91 Å². The molecule has 136 valence electrons. The molecule has 3 atom stereocenters. The normalized spacial score (nSPS) is 28.4. The summed E-state index contributed by atoms with van der Waals surface area (Å²) in [6, 6.07) is 1.83. The molecule has 2 bridgehead atoms. The van der Waals surface area contributed by atoms with E-state index in [1.54, 1.807) is 6.92 Å². The van der Waals surface area contributed by atoms with Crippen molar-refractivity contribution < 1.29 is 27.9 Å². The molecule has 0 aromatic heterocycles. The van der Waals surface area contributed by atoms with Gasteiger partial charge in [0.1, 0.15) is 0 Å². The van der Waals surface area contributed by atoms with Crippen LogP contribution in [0.2, 0.25) is 5.02 Å². The molecule has 1 amide bonds. The van der Waals surface area contributed by atoms with Crippen molar-refractivity contribution in [1.82, 2.24) is 4.90 Å². The highest BCUT2D eigenvalue weighted by molar-refractivity contribution is 6.33. The van der Waals surface area contributed by atoms with E-state index in [-0.39, 0.29) is 16.6 Å². The number of rotatable bonds is 3. The summed E-state index contributed by atoms with van der Waals surface area (Å²) in [5, 5.41) is 9.58. The average molecular weight is 376 g/mol. The number of nitrogens with zero attached hydrogens (tertiary/aromatic N) is 1. The van der Waals surface area contributed by atoms with Gasteiger partial charge in [0, 0.05) is 12.1 Å². The van der Waals surface area contributed by atoms with Crippen molar-refractivity contribution in [2.45, 2.75) is 50.9 Å². The van der Waals surface area contributed by atoms with E-state index in [0.29, 0.717) is 25.7 Å². The average Bonchev–Trinajstić information content (AvgIpc) is 3.09. The molecule has 1 N–H and O–H groups in total. The molecular weight excluding hydrogens is 359 g/mol. The Kier molecular flexibility index (Phi) is 4.26. The van der Waals surface area contributed by atoms with E-state index < -0.39 is 35.1 Å². The molecule has 2 fully saturated rings. The van der Waals surface area contributed by atoms with Gasteiger partial charge >= 0.3 is 12.1 Å². The Bertz CT molecular complexity index is 736. The van der Waals surface area contributed by atoms with Crippen LogP contribution in [0.1, 0.15) is 48.5 Å². The molecule has 25 heavy (non-hydrogen) atoms. The van der Waals surface area contributed by atoms with Crippen LogP contribution in [0.15, 0.2) is 18.2 Å². The lowest BCUT2D eigenvalue weighted by molar-refractivity contribution is -0.151. The number of carboxylic acid groups (broad SMARTS) is 1. The smallest absolute Gasteiger partial charge is 0.416 e. The van der Waals surface area contributed by atoms with E-state index in [1.807, 2.05) is 0 Å². The molecule has 0 unspecified atom stereocenters. The molecule has 2 heterocycles. The zero-order valence-electron chi connectivity index (χ0n) is 13.4. The van der Waals surface area contributed by atoms with Crippen LogP contribution in [0.4, 0.5) is 13.2 Å². The third-order valence-electron chi connectivity index (χ3n) is 5.56. The summed E-state index contributed by atoms with van der Waals surface area (Å²) in [5.74, 6) is -1.59. The molecule has 1 aromatic carbocycles. The topological polar surface area (TPSA) is 57.6 Å². The number of fused-ring (bicyclic) bond motifs is 2. The zero-order chi connectivity index (χ0) is 18.6. The standard InChI is InChI=1S/C17H17ClF3NO3/c1-2-16(15(24)25)8-10-4-6-13(16)22(10)14(23)11-7-9(17(19,20)21)3-5-12(11)18/h3,5,7,10,13H,2,4,6,8H2,1H3,(H,24,25)/t10-,13+,16+/m0/s1. The number of hydrogen-bond acceptors (Lipinski definition) is 2. The largest absolute Gasteiger partial charge is 0.481 e. The Hall–Kier alpha value is -1.76. The van der Waals surface area contributed by atoms with Gasteiger partial charge < -0.3 is 10.0 Å². The van der Waals surface area contributed by atoms with Crippen molar-refractivity contribution >= 4 is 23.5 Å².